The first kappa shape index (κ1) is 29.6. The summed E-state index contributed by atoms with van der Waals surface area (Å²) in [5, 5.41) is 0. The molecule has 0 aliphatic carbocycles. The third kappa shape index (κ3) is 8.22. The molecule has 1 amide bonds. The highest BCUT2D eigenvalue weighted by atomic mass is 127. The molecule has 2 aromatic rings. The normalized spacial score (nSPS) is 11.5. The molecule has 0 radical (unpaired) electrons. The second kappa shape index (κ2) is 12.6. The predicted molar refractivity (Wildman–Crippen MR) is 142 cm³/mol. The Morgan fingerprint density at radius 3 is 2.33 bits per heavy atom. The van der Waals surface area contributed by atoms with Crippen LogP contribution >= 0.6 is 22.6 Å². The maximum atomic E-state index is 15.8. The van der Waals surface area contributed by atoms with Crippen LogP contribution in [0.25, 0.3) is 0 Å². The summed E-state index contributed by atoms with van der Waals surface area (Å²) in [6.07, 6.45) is -0.846. The average Bonchev–Trinajstić information content (AvgIpc) is 2.77. The van der Waals surface area contributed by atoms with E-state index in [2.05, 4.69) is 0 Å². The van der Waals surface area contributed by atoms with E-state index in [1.165, 1.54) is 6.07 Å². The van der Waals surface area contributed by atoms with Crippen LogP contribution in [0, 0.1) is 9.39 Å². The molecule has 198 valence electrons. The third-order valence-electron chi connectivity index (χ3n) is 4.57. The standard InChI is InChI=1S/C24H30FIN2O7S/c1-6-17-13-18(34-15-16-11-9-8-10-12-16)22(20(25)21(17)26)28(14-19(29)33-7-2)36(31,32)27-23(30)35-24(3,4)5/h8-13H,6-7,14-15H2,1-5H3,(H,27,30). The highest BCUT2D eigenvalue weighted by Gasteiger charge is 2.35. The van der Waals surface area contributed by atoms with Crippen LogP contribution in [0.1, 0.15) is 45.7 Å². The summed E-state index contributed by atoms with van der Waals surface area (Å²) >= 11 is 1.76. The van der Waals surface area contributed by atoms with Crippen molar-refractivity contribution in [2.75, 3.05) is 17.5 Å². The van der Waals surface area contributed by atoms with Gasteiger partial charge in [-0.15, -0.1) is 0 Å². The zero-order chi connectivity index (χ0) is 27.1. The number of benzene rings is 2. The molecule has 0 bridgehead atoms. The van der Waals surface area contributed by atoms with Crippen LogP contribution in [-0.2, 0) is 37.5 Å². The number of hydrogen-bond acceptors (Lipinski definition) is 7. The molecule has 2 rings (SSSR count). The number of ether oxygens (including phenoxy) is 3. The van der Waals surface area contributed by atoms with Crippen molar-refractivity contribution in [2.45, 2.75) is 53.2 Å². The Bertz CT molecular complexity index is 1190. The van der Waals surface area contributed by atoms with E-state index in [0.29, 0.717) is 16.3 Å². The number of anilines is 1. The van der Waals surface area contributed by atoms with E-state index >= 15 is 4.39 Å². The average molecular weight is 636 g/mol. The summed E-state index contributed by atoms with van der Waals surface area (Å²) < 4.78 is 60.5. The van der Waals surface area contributed by atoms with Gasteiger partial charge in [-0.1, -0.05) is 37.3 Å². The highest BCUT2D eigenvalue weighted by Crippen LogP contribution is 2.38. The molecule has 0 fully saturated rings. The maximum absolute atomic E-state index is 15.8. The van der Waals surface area contributed by atoms with Gasteiger partial charge in [0.25, 0.3) is 0 Å². The fourth-order valence-corrected chi connectivity index (χ4v) is 4.89. The number of esters is 1. The van der Waals surface area contributed by atoms with Crippen LogP contribution in [0.5, 0.6) is 5.75 Å². The number of amides is 1. The van der Waals surface area contributed by atoms with E-state index in [1.54, 1.807) is 79.3 Å². The van der Waals surface area contributed by atoms with E-state index in [-0.39, 0.29) is 22.5 Å². The van der Waals surface area contributed by atoms with Gasteiger partial charge < -0.3 is 14.2 Å². The number of carbonyl (C=O) groups excluding carboxylic acids is 2. The van der Waals surface area contributed by atoms with Gasteiger partial charge >= 0.3 is 22.3 Å². The van der Waals surface area contributed by atoms with E-state index in [4.69, 9.17) is 14.2 Å². The van der Waals surface area contributed by atoms with Gasteiger partial charge in [-0.25, -0.2) is 18.2 Å². The molecule has 0 aliphatic rings. The molecular weight excluding hydrogens is 606 g/mol. The zero-order valence-electron chi connectivity index (χ0n) is 20.8. The predicted octanol–water partition coefficient (Wildman–Crippen LogP) is 4.71. The molecule has 0 saturated heterocycles. The summed E-state index contributed by atoms with van der Waals surface area (Å²) in [7, 11) is -4.84. The second-order valence-electron chi connectivity index (χ2n) is 8.56. The maximum Gasteiger partial charge on any atom is 0.422 e. The van der Waals surface area contributed by atoms with Crippen molar-refractivity contribution >= 4 is 50.6 Å². The molecule has 2 aromatic carbocycles. The first-order valence-corrected chi connectivity index (χ1v) is 13.7. The first-order valence-electron chi connectivity index (χ1n) is 11.2. The van der Waals surface area contributed by atoms with Crippen molar-refractivity contribution in [2.24, 2.45) is 0 Å². The van der Waals surface area contributed by atoms with Gasteiger partial charge in [0, 0.05) is 0 Å². The number of rotatable bonds is 10. The van der Waals surface area contributed by atoms with Gasteiger partial charge in [-0.2, -0.15) is 8.42 Å². The lowest BCUT2D eigenvalue weighted by Crippen LogP contribution is -2.48. The first-order chi connectivity index (χ1) is 16.8. The summed E-state index contributed by atoms with van der Waals surface area (Å²) in [6.45, 7) is 7.08. The van der Waals surface area contributed by atoms with Gasteiger partial charge in [0.15, 0.2) is 5.82 Å². The second-order valence-corrected chi connectivity index (χ2v) is 11.2. The van der Waals surface area contributed by atoms with Crippen LogP contribution in [0.3, 0.4) is 0 Å². The van der Waals surface area contributed by atoms with Crippen molar-refractivity contribution in [3.63, 3.8) is 0 Å². The Morgan fingerprint density at radius 2 is 1.78 bits per heavy atom. The Kier molecular flexibility index (Phi) is 10.3. The summed E-state index contributed by atoms with van der Waals surface area (Å²) in [5.41, 5.74) is -0.198. The number of aryl methyl sites for hydroxylation is 1. The molecule has 1 N–H and O–H groups in total. The molecule has 12 heteroatoms. The van der Waals surface area contributed by atoms with E-state index in [0.717, 1.165) is 5.56 Å². The summed E-state index contributed by atoms with van der Waals surface area (Å²) in [4.78, 5) is 24.6. The van der Waals surface area contributed by atoms with Gasteiger partial charge in [0.2, 0.25) is 0 Å². The minimum absolute atomic E-state index is 0.00378. The van der Waals surface area contributed by atoms with Crippen LogP contribution in [0.4, 0.5) is 14.9 Å². The third-order valence-corrected chi connectivity index (χ3v) is 7.05. The lowest BCUT2D eigenvalue weighted by atomic mass is 10.1. The molecule has 0 unspecified atom stereocenters. The van der Waals surface area contributed by atoms with E-state index in [1.807, 2.05) is 13.0 Å². The molecule has 0 heterocycles. The van der Waals surface area contributed by atoms with Crippen molar-refractivity contribution in [1.82, 2.24) is 4.72 Å². The van der Waals surface area contributed by atoms with Crippen LogP contribution in [0.15, 0.2) is 36.4 Å². The fourth-order valence-electron chi connectivity index (χ4n) is 3.05. The van der Waals surface area contributed by atoms with Crippen molar-refractivity contribution in [3.8, 4) is 5.75 Å². The van der Waals surface area contributed by atoms with Gasteiger partial charge in [0.1, 0.15) is 30.2 Å². The van der Waals surface area contributed by atoms with Gasteiger partial charge in [-0.3, -0.25) is 4.79 Å². The Morgan fingerprint density at radius 1 is 1.14 bits per heavy atom. The summed E-state index contributed by atoms with van der Waals surface area (Å²) in [6, 6.07) is 10.5. The van der Waals surface area contributed by atoms with Crippen LogP contribution < -0.4 is 13.8 Å². The van der Waals surface area contributed by atoms with E-state index in [9.17, 15) is 18.0 Å². The minimum atomic E-state index is -4.84. The number of hydrogen-bond donors (Lipinski definition) is 1. The van der Waals surface area contributed by atoms with E-state index < -0.39 is 45.9 Å². The monoisotopic (exact) mass is 636 g/mol. The largest absolute Gasteiger partial charge is 0.487 e. The quantitative estimate of drug-likeness (QED) is 0.297. The highest BCUT2D eigenvalue weighted by molar-refractivity contribution is 14.1. The Labute approximate surface area is 224 Å². The molecule has 9 nitrogen and oxygen atoms in total. The molecule has 0 aromatic heterocycles. The van der Waals surface area contributed by atoms with Crippen molar-refractivity contribution in [1.29, 1.82) is 0 Å². The molecule has 0 saturated carbocycles. The van der Waals surface area contributed by atoms with Crippen molar-refractivity contribution < 1.29 is 36.6 Å². The smallest absolute Gasteiger partial charge is 0.422 e. The topological polar surface area (TPSA) is 111 Å². The lowest BCUT2D eigenvalue weighted by Gasteiger charge is -2.28. The molecule has 0 atom stereocenters. The molecule has 0 spiro atoms. The molecule has 36 heavy (non-hydrogen) atoms. The molecule has 0 aliphatic heterocycles. The zero-order valence-corrected chi connectivity index (χ0v) is 23.7. The van der Waals surface area contributed by atoms with Gasteiger partial charge in [-0.05, 0) is 73.9 Å². The Hall–Kier alpha value is -2.61. The number of nitrogens with one attached hydrogen (secondary N) is 1. The Balaban J connectivity index is 2.62. The van der Waals surface area contributed by atoms with Crippen molar-refractivity contribution in [3.05, 3.63) is 56.9 Å². The molecular formula is C24H30FIN2O7S. The number of carbonyl (C=O) groups is 2. The summed E-state index contributed by atoms with van der Waals surface area (Å²) in [5.74, 6) is -1.99. The SMILES string of the molecule is CCOC(=O)CN(c1c(OCc2ccccc2)cc(CC)c(I)c1F)S(=O)(=O)NC(=O)OC(C)(C)C. The van der Waals surface area contributed by atoms with Gasteiger partial charge in [0.05, 0.1) is 10.2 Å². The minimum Gasteiger partial charge on any atom is -0.487 e. The lowest BCUT2D eigenvalue weighted by molar-refractivity contribution is -0.141. The number of nitrogens with zero attached hydrogens (tertiary/aromatic N) is 1. The fraction of sp³-hybridized carbons (Fsp3) is 0.417. The van der Waals surface area contributed by atoms with Crippen LogP contribution in [0.2, 0.25) is 0 Å². The number of halogens is 2. The van der Waals surface area contributed by atoms with Crippen LogP contribution in [-0.4, -0.2) is 39.2 Å².